The first-order chi connectivity index (χ1) is 11.9. The number of fused-ring (bicyclic) bond motifs is 1. The van der Waals surface area contributed by atoms with Crippen LogP contribution in [0.25, 0.3) is 10.9 Å². The van der Waals surface area contributed by atoms with Gasteiger partial charge in [0.25, 0.3) is 5.91 Å². The zero-order valence-corrected chi connectivity index (χ0v) is 14.6. The van der Waals surface area contributed by atoms with Crippen molar-refractivity contribution in [2.45, 2.75) is 20.8 Å². The topological polar surface area (TPSA) is 74.0 Å². The second kappa shape index (κ2) is 6.81. The first kappa shape index (κ1) is 16.8. The van der Waals surface area contributed by atoms with Crippen LogP contribution in [0.5, 0.6) is 0 Å². The third kappa shape index (κ3) is 3.71. The second-order valence-electron chi connectivity index (χ2n) is 6.27. The summed E-state index contributed by atoms with van der Waals surface area (Å²) in [6.45, 7) is 5.85. The minimum atomic E-state index is -0.302. The maximum Gasteiger partial charge on any atom is 0.268 e. The molecule has 3 rings (SSSR count). The molecule has 0 atom stereocenters. The van der Waals surface area contributed by atoms with E-state index < -0.39 is 0 Å². The van der Waals surface area contributed by atoms with Crippen molar-refractivity contribution in [1.29, 1.82) is 0 Å². The van der Waals surface area contributed by atoms with E-state index in [4.69, 9.17) is 0 Å². The van der Waals surface area contributed by atoms with Crippen LogP contribution in [0.15, 0.2) is 42.5 Å². The Morgan fingerprint density at radius 1 is 1.00 bits per heavy atom. The van der Waals surface area contributed by atoms with Crippen LogP contribution in [-0.4, -0.2) is 23.3 Å². The van der Waals surface area contributed by atoms with Crippen molar-refractivity contribution in [3.05, 3.63) is 64.8 Å². The normalized spacial score (nSPS) is 10.7. The van der Waals surface area contributed by atoms with Crippen LogP contribution < -0.4 is 10.6 Å². The van der Waals surface area contributed by atoms with Crippen molar-refractivity contribution in [3.63, 3.8) is 0 Å². The van der Waals surface area contributed by atoms with Gasteiger partial charge in [0.2, 0.25) is 5.91 Å². The Kier molecular flexibility index (Phi) is 4.57. The molecule has 0 saturated carbocycles. The van der Waals surface area contributed by atoms with Gasteiger partial charge in [0.1, 0.15) is 5.69 Å². The third-order valence-electron chi connectivity index (χ3n) is 4.13. The molecule has 0 radical (unpaired) electrons. The molecule has 5 nitrogen and oxygen atoms in total. The number of anilines is 1. The molecule has 3 N–H and O–H groups in total. The number of benzene rings is 2. The molecule has 0 bridgehead atoms. The Labute approximate surface area is 146 Å². The maximum absolute atomic E-state index is 12.2. The van der Waals surface area contributed by atoms with Gasteiger partial charge in [0.05, 0.1) is 6.54 Å². The SMILES string of the molecule is Cc1cc(C)c(NC(=O)CNC(=O)c2cc3ccccc3[nH]2)c(C)c1. The third-order valence-corrected chi connectivity index (χ3v) is 4.13. The zero-order chi connectivity index (χ0) is 18.0. The van der Waals surface area contributed by atoms with E-state index in [1.54, 1.807) is 6.07 Å². The number of rotatable bonds is 4. The lowest BCUT2D eigenvalue weighted by molar-refractivity contribution is -0.115. The van der Waals surface area contributed by atoms with Crippen molar-refractivity contribution in [2.24, 2.45) is 0 Å². The highest BCUT2D eigenvalue weighted by atomic mass is 16.2. The average Bonchev–Trinajstić information content (AvgIpc) is 3.00. The van der Waals surface area contributed by atoms with E-state index in [1.165, 1.54) is 0 Å². The summed E-state index contributed by atoms with van der Waals surface area (Å²) in [4.78, 5) is 27.5. The standard InChI is InChI=1S/C20H21N3O2/c1-12-8-13(2)19(14(3)9-12)23-18(24)11-21-20(25)17-10-15-6-4-5-7-16(15)22-17/h4-10,22H,11H2,1-3H3,(H,21,25)(H,23,24). The van der Waals surface area contributed by atoms with E-state index in [0.29, 0.717) is 5.69 Å². The van der Waals surface area contributed by atoms with Crippen LogP contribution in [-0.2, 0) is 4.79 Å². The summed E-state index contributed by atoms with van der Waals surface area (Å²) in [6, 6.07) is 13.5. The number of hydrogen-bond acceptors (Lipinski definition) is 2. The predicted molar refractivity (Wildman–Crippen MR) is 99.9 cm³/mol. The first-order valence-electron chi connectivity index (χ1n) is 8.17. The molecule has 0 fully saturated rings. The molecule has 0 spiro atoms. The van der Waals surface area contributed by atoms with E-state index >= 15 is 0 Å². The Hall–Kier alpha value is -3.08. The van der Waals surface area contributed by atoms with E-state index in [9.17, 15) is 9.59 Å². The van der Waals surface area contributed by atoms with Crippen LogP contribution in [0.2, 0.25) is 0 Å². The molecule has 3 aromatic rings. The fourth-order valence-corrected chi connectivity index (χ4v) is 3.01. The van der Waals surface area contributed by atoms with Crippen LogP contribution >= 0.6 is 0 Å². The molecule has 1 heterocycles. The number of carbonyl (C=O) groups excluding carboxylic acids is 2. The van der Waals surface area contributed by atoms with E-state index in [0.717, 1.165) is 33.3 Å². The molecule has 0 aliphatic heterocycles. The van der Waals surface area contributed by atoms with E-state index in [-0.39, 0.29) is 18.4 Å². The molecular formula is C20H21N3O2. The highest BCUT2D eigenvalue weighted by molar-refractivity contribution is 6.01. The van der Waals surface area contributed by atoms with Crippen LogP contribution in [0.1, 0.15) is 27.2 Å². The highest BCUT2D eigenvalue weighted by Crippen LogP contribution is 2.21. The predicted octanol–water partition coefficient (Wildman–Crippen LogP) is 3.46. The number of nitrogens with one attached hydrogen (secondary N) is 3. The molecular weight excluding hydrogens is 314 g/mol. The summed E-state index contributed by atoms with van der Waals surface area (Å²) in [5.41, 5.74) is 5.30. The lowest BCUT2D eigenvalue weighted by atomic mass is 10.1. The average molecular weight is 335 g/mol. The van der Waals surface area contributed by atoms with Crippen LogP contribution in [0.3, 0.4) is 0 Å². The molecule has 0 unspecified atom stereocenters. The maximum atomic E-state index is 12.2. The number of aryl methyl sites for hydroxylation is 3. The monoisotopic (exact) mass is 335 g/mol. The minimum absolute atomic E-state index is 0.0824. The van der Waals surface area contributed by atoms with Gasteiger partial charge in [0.15, 0.2) is 0 Å². The molecule has 0 aliphatic carbocycles. The zero-order valence-electron chi connectivity index (χ0n) is 14.6. The van der Waals surface area contributed by atoms with Crippen LogP contribution in [0, 0.1) is 20.8 Å². The van der Waals surface area contributed by atoms with Crippen LogP contribution in [0.4, 0.5) is 5.69 Å². The fourth-order valence-electron chi connectivity index (χ4n) is 3.01. The van der Waals surface area contributed by atoms with Gasteiger partial charge in [-0.1, -0.05) is 35.9 Å². The Morgan fingerprint density at radius 2 is 1.68 bits per heavy atom. The van der Waals surface area contributed by atoms with Crippen molar-refractivity contribution >= 4 is 28.4 Å². The number of hydrogen-bond donors (Lipinski definition) is 3. The van der Waals surface area contributed by atoms with Gasteiger partial charge < -0.3 is 15.6 Å². The van der Waals surface area contributed by atoms with Gasteiger partial charge in [-0.2, -0.15) is 0 Å². The van der Waals surface area contributed by atoms with Gasteiger partial charge in [-0.3, -0.25) is 9.59 Å². The number of aromatic nitrogens is 1. The summed E-state index contributed by atoms with van der Waals surface area (Å²) in [5.74, 6) is -0.553. The molecule has 5 heteroatoms. The number of H-pyrrole nitrogens is 1. The van der Waals surface area contributed by atoms with E-state index in [2.05, 4.69) is 15.6 Å². The quantitative estimate of drug-likeness (QED) is 0.683. The fraction of sp³-hybridized carbons (Fsp3) is 0.200. The van der Waals surface area contributed by atoms with Crippen molar-refractivity contribution < 1.29 is 9.59 Å². The van der Waals surface area contributed by atoms with Crippen molar-refractivity contribution in [3.8, 4) is 0 Å². The summed E-state index contributed by atoms with van der Waals surface area (Å²) in [6.07, 6.45) is 0. The molecule has 25 heavy (non-hydrogen) atoms. The summed E-state index contributed by atoms with van der Waals surface area (Å²) < 4.78 is 0. The van der Waals surface area contributed by atoms with E-state index in [1.807, 2.05) is 57.2 Å². The Bertz CT molecular complexity index is 900. The molecule has 128 valence electrons. The summed E-state index contributed by atoms with van der Waals surface area (Å²) in [7, 11) is 0. The molecule has 1 aromatic heterocycles. The largest absolute Gasteiger partial charge is 0.351 e. The Balaban J connectivity index is 1.63. The molecule has 0 saturated heterocycles. The lowest BCUT2D eigenvalue weighted by Crippen LogP contribution is -2.33. The Morgan fingerprint density at radius 3 is 2.36 bits per heavy atom. The summed E-state index contributed by atoms with van der Waals surface area (Å²) >= 11 is 0. The summed E-state index contributed by atoms with van der Waals surface area (Å²) in [5, 5.41) is 6.48. The highest BCUT2D eigenvalue weighted by Gasteiger charge is 2.12. The smallest absolute Gasteiger partial charge is 0.268 e. The van der Waals surface area contributed by atoms with Gasteiger partial charge in [-0.05, 0) is 44.0 Å². The van der Waals surface area contributed by atoms with Gasteiger partial charge in [-0.15, -0.1) is 0 Å². The lowest BCUT2D eigenvalue weighted by Gasteiger charge is -2.13. The number of para-hydroxylation sites is 1. The molecule has 2 amide bonds. The molecule has 2 aromatic carbocycles. The minimum Gasteiger partial charge on any atom is -0.351 e. The van der Waals surface area contributed by atoms with Gasteiger partial charge in [-0.25, -0.2) is 0 Å². The van der Waals surface area contributed by atoms with Gasteiger partial charge in [0, 0.05) is 16.6 Å². The van der Waals surface area contributed by atoms with Crippen molar-refractivity contribution in [2.75, 3.05) is 11.9 Å². The first-order valence-corrected chi connectivity index (χ1v) is 8.17. The second-order valence-corrected chi connectivity index (χ2v) is 6.27. The number of aromatic amines is 1. The number of carbonyl (C=O) groups is 2. The number of amides is 2. The van der Waals surface area contributed by atoms with Crippen molar-refractivity contribution in [1.82, 2.24) is 10.3 Å². The molecule has 0 aliphatic rings. The van der Waals surface area contributed by atoms with Gasteiger partial charge >= 0.3 is 0 Å².